The summed E-state index contributed by atoms with van der Waals surface area (Å²) in [6.07, 6.45) is 6.11. The maximum absolute atomic E-state index is 13.2. The molecule has 0 unspecified atom stereocenters. The van der Waals surface area contributed by atoms with Crippen molar-refractivity contribution >= 4 is 17.9 Å². The van der Waals surface area contributed by atoms with Crippen molar-refractivity contribution in [1.82, 2.24) is 4.31 Å². The molecule has 0 atom stereocenters. The summed E-state index contributed by atoms with van der Waals surface area (Å²) in [4.78, 5) is 12.0. The lowest BCUT2D eigenvalue weighted by Crippen LogP contribution is -2.31. The summed E-state index contributed by atoms with van der Waals surface area (Å²) >= 11 is 1.66. The van der Waals surface area contributed by atoms with Crippen molar-refractivity contribution < 1.29 is 14.3 Å². The highest BCUT2D eigenvalue weighted by molar-refractivity contribution is 7.97. The molecule has 1 aliphatic rings. The van der Waals surface area contributed by atoms with Gasteiger partial charge in [0.25, 0.3) is 0 Å². The standard InChI is InChI=1S/C20H22FNO2S/c21-17-10-12-19(13-11-17)25-22(18-4-2-1-3-5-18)14-15-6-8-16(9-7-15)20(23)24/h6-13,18H,1-5,14H2,(H,23,24). The van der Waals surface area contributed by atoms with E-state index in [4.69, 9.17) is 5.11 Å². The van der Waals surface area contributed by atoms with Crippen molar-refractivity contribution in [2.24, 2.45) is 0 Å². The smallest absolute Gasteiger partial charge is 0.335 e. The summed E-state index contributed by atoms with van der Waals surface area (Å²) in [5.41, 5.74) is 1.39. The van der Waals surface area contributed by atoms with Gasteiger partial charge in [-0.05, 0) is 66.8 Å². The first-order valence-electron chi connectivity index (χ1n) is 8.64. The van der Waals surface area contributed by atoms with Crippen molar-refractivity contribution in [2.75, 3.05) is 0 Å². The molecule has 0 saturated heterocycles. The molecule has 132 valence electrons. The summed E-state index contributed by atoms with van der Waals surface area (Å²) in [7, 11) is 0. The molecular formula is C20H22FNO2S. The molecular weight excluding hydrogens is 337 g/mol. The molecule has 1 saturated carbocycles. The van der Waals surface area contributed by atoms with Gasteiger partial charge in [-0.1, -0.05) is 31.4 Å². The number of hydrogen-bond donors (Lipinski definition) is 1. The second-order valence-electron chi connectivity index (χ2n) is 6.41. The fraction of sp³-hybridized carbons (Fsp3) is 0.350. The molecule has 3 nitrogen and oxygen atoms in total. The Morgan fingerprint density at radius 3 is 2.28 bits per heavy atom. The van der Waals surface area contributed by atoms with Crippen LogP contribution in [0.1, 0.15) is 48.0 Å². The van der Waals surface area contributed by atoms with Crippen LogP contribution in [-0.4, -0.2) is 21.4 Å². The van der Waals surface area contributed by atoms with Crippen LogP contribution >= 0.6 is 11.9 Å². The molecule has 1 fully saturated rings. The number of nitrogens with zero attached hydrogens (tertiary/aromatic N) is 1. The van der Waals surface area contributed by atoms with Gasteiger partial charge < -0.3 is 5.11 Å². The van der Waals surface area contributed by atoms with Gasteiger partial charge in [-0.2, -0.15) is 0 Å². The average molecular weight is 359 g/mol. The highest BCUT2D eigenvalue weighted by Gasteiger charge is 2.22. The lowest BCUT2D eigenvalue weighted by Gasteiger charge is -2.33. The zero-order valence-electron chi connectivity index (χ0n) is 14.0. The van der Waals surface area contributed by atoms with Crippen LogP contribution in [0.4, 0.5) is 4.39 Å². The van der Waals surface area contributed by atoms with Crippen molar-refractivity contribution in [2.45, 2.75) is 49.6 Å². The molecule has 0 aliphatic heterocycles. The van der Waals surface area contributed by atoms with Gasteiger partial charge in [0.1, 0.15) is 5.82 Å². The van der Waals surface area contributed by atoms with E-state index in [2.05, 4.69) is 4.31 Å². The number of carboxylic acid groups (broad SMARTS) is 1. The molecule has 1 N–H and O–H groups in total. The molecule has 5 heteroatoms. The number of hydrogen-bond acceptors (Lipinski definition) is 3. The van der Waals surface area contributed by atoms with E-state index < -0.39 is 5.97 Å². The Kier molecular flexibility index (Phi) is 6.10. The molecule has 0 amide bonds. The maximum Gasteiger partial charge on any atom is 0.335 e. The Bertz CT molecular complexity index is 697. The topological polar surface area (TPSA) is 40.5 Å². The zero-order chi connectivity index (χ0) is 17.6. The Hall–Kier alpha value is -1.85. The minimum atomic E-state index is -0.906. The third kappa shape index (κ3) is 5.06. The first-order chi connectivity index (χ1) is 12.1. The summed E-state index contributed by atoms with van der Waals surface area (Å²) in [6.45, 7) is 0.743. The maximum atomic E-state index is 13.2. The van der Waals surface area contributed by atoms with Gasteiger partial charge in [0, 0.05) is 17.5 Å². The number of carboxylic acids is 1. The van der Waals surface area contributed by atoms with Gasteiger partial charge in [0.05, 0.1) is 5.56 Å². The van der Waals surface area contributed by atoms with Crippen LogP contribution < -0.4 is 0 Å². The summed E-state index contributed by atoms with van der Waals surface area (Å²) < 4.78 is 15.5. The van der Waals surface area contributed by atoms with Gasteiger partial charge >= 0.3 is 5.97 Å². The molecule has 0 heterocycles. The van der Waals surface area contributed by atoms with Crippen LogP contribution in [0.5, 0.6) is 0 Å². The fourth-order valence-corrected chi connectivity index (χ4v) is 4.27. The van der Waals surface area contributed by atoms with Crippen LogP contribution in [0.2, 0.25) is 0 Å². The largest absolute Gasteiger partial charge is 0.478 e. The predicted octanol–water partition coefficient (Wildman–Crippen LogP) is 5.37. The van der Waals surface area contributed by atoms with E-state index in [1.165, 1.54) is 44.2 Å². The van der Waals surface area contributed by atoms with E-state index in [0.29, 0.717) is 11.6 Å². The van der Waals surface area contributed by atoms with E-state index in [9.17, 15) is 9.18 Å². The van der Waals surface area contributed by atoms with E-state index >= 15 is 0 Å². The monoisotopic (exact) mass is 359 g/mol. The van der Waals surface area contributed by atoms with Gasteiger partial charge in [0.15, 0.2) is 0 Å². The fourth-order valence-electron chi connectivity index (χ4n) is 3.17. The predicted molar refractivity (Wildman–Crippen MR) is 98.1 cm³/mol. The Balaban J connectivity index is 1.75. The molecule has 0 spiro atoms. The Morgan fingerprint density at radius 2 is 1.68 bits per heavy atom. The quantitative estimate of drug-likeness (QED) is 0.704. The van der Waals surface area contributed by atoms with Crippen LogP contribution in [-0.2, 0) is 6.54 Å². The lowest BCUT2D eigenvalue weighted by atomic mass is 9.95. The van der Waals surface area contributed by atoms with Crippen molar-refractivity contribution in [3.63, 3.8) is 0 Å². The third-order valence-corrected chi connectivity index (χ3v) is 5.70. The number of benzene rings is 2. The first-order valence-corrected chi connectivity index (χ1v) is 9.41. The molecule has 0 bridgehead atoms. The minimum absolute atomic E-state index is 0.224. The second kappa shape index (κ2) is 8.50. The average Bonchev–Trinajstić information content (AvgIpc) is 2.64. The first kappa shape index (κ1) is 18.0. The summed E-state index contributed by atoms with van der Waals surface area (Å²) in [6, 6.07) is 14.1. The molecule has 25 heavy (non-hydrogen) atoms. The number of halogens is 1. The molecule has 2 aromatic rings. The van der Waals surface area contributed by atoms with Crippen LogP contribution in [0, 0.1) is 5.82 Å². The number of rotatable bonds is 6. The van der Waals surface area contributed by atoms with Gasteiger partial charge in [-0.15, -0.1) is 0 Å². The van der Waals surface area contributed by atoms with E-state index in [1.54, 1.807) is 24.1 Å². The van der Waals surface area contributed by atoms with E-state index in [1.807, 2.05) is 24.3 Å². The van der Waals surface area contributed by atoms with Crippen LogP contribution in [0.15, 0.2) is 53.4 Å². The van der Waals surface area contributed by atoms with Crippen molar-refractivity contribution in [3.05, 3.63) is 65.5 Å². The van der Waals surface area contributed by atoms with Gasteiger partial charge in [-0.3, -0.25) is 0 Å². The molecule has 0 aromatic heterocycles. The highest BCUT2D eigenvalue weighted by Crippen LogP contribution is 2.33. The molecule has 1 aliphatic carbocycles. The van der Waals surface area contributed by atoms with Crippen molar-refractivity contribution in [3.8, 4) is 0 Å². The van der Waals surface area contributed by atoms with Gasteiger partial charge in [-0.25, -0.2) is 13.5 Å². The van der Waals surface area contributed by atoms with Crippen molar-refractivity contribution in [1.29, 1.82) is 0 Å². The Labute approximate surface area is 152 Å². The Morgan fingerprint density at radius 1 is 1.04 bits per heavy atom. The SMILES string of the molecule is O=C(O)c1ccc(CN(Sc2ccc(F)cc2)C2CCCCC2)cc1. The van der Waals surface area contributed by atoms with Gasteiger partial charge in [0.2, 0.25) is 0 Å². The molecule has 3 rings (SSSR count). The summed E-state index contributed by atoms with van der Waals surface area (Å²) in [5.74, 6) is -1.13. The third-order valence-electron chi connectivity index (χ3n) is 4.56. The lowest BCUT2D eigenvalue weighted by molar-refractivity contribution is 0.0697. The zero-order valence-corrected chi connectivity index (χ0v) is 14.8. The normalized spacial score (nSPS) is 15.4. The molecule has 2 aromatic carbocycles. The molecule has 0 radical (unpaired) electrons. The number of aromatic carboxylic acids is 1. The minimum Gasteiger partial charge on any atom is -0.478 e. The van der Waals surface area contributed by atoms with Crippen LogP contribution in [0.3, 0.4) is 0 Å². The number of carbonyl (C=O) groups is 1. The van der Waals surface area contributed by atoms with E-state index in [0.717, 1.165) is 17.0 Å². The second-order valence-corrected chi connectivity index (χ2v) is 7.54. The highest BCUT2D eigenvalue weighted by atomic mass is 32.2. The van der Waals surface area contributed by atoms with E-state index in [-0.39, 0.29) is 5.82 Å². The summed E-state index contributed by atoms with van der Waals surface area (Å²) in [5, 5.41) is 9.03. The van der Waals surface area contributed by atoms with Crippen LogP contribution in [0.25, 0.3) is 0 Å².